The number of halogens is 1. The standard InChI is InChI=1S/C19H17ClN4O/c20-15-4-1-5-17(11-15)24-10-8-18(22-24)19(25)23(16-6-7-16)13-14-3-2-9-21-12-14/h1-5,8-12,16H,6-7,13H2. The van der Waals surface area contributed by atoms with Crippen molar-refractivity contribution in [3.05, 3.63) is 77.3 Å². The molecule has 4 rings (SSSR count). The Kier molecular flexibility index (Phi) is 4.24. The van der Waals surface area contributed by atoms with Gasteiger partial charge in [0.1, 0.15) is 0 Å². The van der Waals surface area contributed by atoms with Gasteiger partial charge < -0.3 is 4.90 Å². The molecule has 3 aromatic rings. The molecule has 0 atom stereocenters. The predicted octanol–water partition coefficient (Wildman–Crippen LogP) is 3.73. The van der Waals surface area contributed by atoms with E-state index in [4.69, 9.17) is 11.6 Å². The van der Waals surface area contributed by atoms with E-state index in [-0.39, 0.29) is 5.91 Å². The van der Waals surface area contributed by atoms with Gasteiger partial charge in [-0.1, -0.05) is 23.7 Å². The summed E-state index contributed by atoms with van der Waals surface area (Å²) in [4.78, 5) is 19.0. The fourth-order valence-corrected chi connectivity index (χ4v) is 2.97. The Balaban J connectivity index is 1.57. The monoisotopic (exact) mass is 352 g/mol. The highest BCUT2D eigenvalue weighted by molar-refractivity contribution is 6.30. The largest absolute Gasteiger partial charge is 0.330 e. The molecule has 1 saturated carbocycles. The number of carbonyl (C=O) groups excluding carboxylic acids is 1. The molecule has 0 radical (unpaired) electrons. The zero-order valence-corrected chi connectivity index (χ0v) is 14.3. The summed E-state index contributed by atoms with van der Waals surface area (Å²) in [5, 5.41) is 5.08. The van der Waals surface area contributed by atoms with Crippen LogP contribution in [0.15, 0.2) is 61.1 Å². The van der Waals surface area contributed by atoms with Gasteiger partial charge in [0.2, 0.25) is 0 Å². The van der Waals surface area contributed by atoms with E-state index < -0.39 is 0 Å². The third-order valence-corrected chi connectivity index (χ3v) is 4.44. The number of benzene rings is 1. The lowest BCUT2D eigenvalue weighted by molar-refractivity contribution is 0.0723. The SMILES string of the molecule is O=C(c1ccn(-c2cccc(Cl)c2)n1)N(Cc1cccnc1)C1CC1. The molecule has 0 unspecified atom stereocenters. The lowest BCUT2D eigenvalue weighted by Gasteiger charge is -2.21. The smallest absolute Gasteiger partial charge is 0.274 e. The number of pyridine rings is 1. The molecule has 1 amide bonds. The average Bonchev–Trinajstić information content (AvgIpc) is 3.35. The van der Waals surface area contributed by atoms with Crippen LogP contribution in [-0.4, -0.2) is 31.6 Å². The van der Waals surface area contributed by atoms with Crippen LogP contribution >= 0.6 is 11.6 Å². The van der Waals surface area contributed by atoms with Crippen LogP contribution in [0.25, 0.3) is 5.69 Å². The quantitative estimate of drug-likeness (QED) is 0.703. The Hall–Kier alpha value is -2.66. The first kappa shape index (κ1) is 15.8. The van der Waals surface area contributed by atoms with E-state index in [1.165, 1.54) is 0 Å². The van der Waals surface area contributed by atoms with Gasteiger partial charge >= 0.3 is 0 Å². The molecule has 2 heterocycles. The number of amides is 1. The first-order valence-corrected chi connectivity index (χ1v) is 8.60. The molecule has 1 aromatic carbocycles. The maximum absolute atomic E-state index is 12.9. The number of hydrogen-bond acceptors (Lipinski definition) is 3. The highest BCUT2D eigenvalue weighted by atomic mass is 35.5. The second-order valence-electron chi connectivity index (χ2n) is 6.15. The van der Waals surface area contributed by atoms with Gasteiger partial charge in [0.05, 0.1) is 5.69 Å². The molecule has 0 N–H and O–H groups in total. The molecule has 0 aliphatic heterocycles. The molecule has 0 bridgehead atoms. The molecule has 1 aliphatic rings. The van der Waals surface area contributed by atoms with Crippen LogP contribution in [0.3, 0.4) is 0 Å². The van der Waals surface area contributed by atoms with Gasteiger partial charge in [0.15, 0.2) is 5.69 Å². The van der Waals surface area contributed by atoms with Crippen LogP contribution in [0.5, 0.6) is 0 Å². The van der Waals surface area contributed by atoms with Crippen molar-refractivity contribution in [2.45, 2.75) is 25.4 Å². The number of rotatable bonds is 5. The van der Waals surface area contributed by atoms with Gasteiger partial charge in [-0.15, -0.1) is 0 Å². The van der Waals surface area contributed by atoms with E-state index in [1.54, 1.807) is 29.3 Å². The molecular formula is C19H17ClN4O. The third-order valence-electron chi connectivity index (χ3n) is 4.21. The van der Waals surface area contributed by atoms with Gasteiger partial charge in [-0.05, 0) is 48.7 Å². The van der Waals surface area contributed by atoms with Crippen molar-refractivity contribution in [3.8, 4) is 5.69 Å². The van der Waals surface area contributed by atoms with Gasteiger partial charge in [0, 0.05) is 36.2 Å². The Labute approximate surface area is 150 Å². The molecule has 5 nitrogen and oxygen atoms in total. The lowest BCUT2D eigenvalue weighted by Crippen LogP contribution is -2.33. The molecule has 1 fully saturated rings. The van der Waals surface area contributed by atoms with Gasteiger partial charge in [-0.2, -0.15) is 5.10 Å². The lowest BCUT2D eigenvalue weighted by atomic mass is 10.2. The summed E-state index contributed by atoms with van der Waals surface area (Å²) in [7, 11) is 0. The summed E-state index contributed by atoms with van der Waals surface area (Å²) in [5.41, 5.74) is 2.30. The molecule has 1 aliphatic carbocycles. The van der Waals surface area contributed by atoms with Gasteiger partial charge in [-0.3, -0.25) is 9.78 Å². The maximum Gasteiger partial charge on any atom is 0.274 e. The number of carbonyl (C=O) groups is 1. The second kappa shape index (κ2) is 6.69. The molecule has 25 heavy (non-hydrogen) atoms. The highest BCUT2D eigenvalue weighted by Gasteiger charge is 2.34. The van der Waals surface area contributed by atoms with Crippen molar-refractivity contribution in [2.75, 3.05) is 0 Å². The van der Waals surface area contributed by atoms with Crippen LogP contribution < -0.4 is 0 Å². The number of nitrogens with zero attached hydrogens (tertiary/aromatic N) is 4. The minimum absolute atomic E-state index is 0.0490. The number of hydrogen-bond donors (Lipinski definition) is 0. The summed E-state index contributed by atoms with van der Waals surface area (Å²) < 4.78 is 1.67. The first-order valence-electron chi connectivity index (χ1n) is 8.22. The summed E-state index contributed by atoms with van der Waals surface area (Å²) in [6, 6.07) is 13.3. The predicted molar refractivity (Wildman–Crippen MR) is 95.7 cm³/mol. The highest BCUT2D eigenvalue weighted by Crippen LogP contribution is 2.29. The summed E-state index contributed by atoms with van der Waals surface area (Å²) in [5.74, 6) is -0.0490. The second-order valence-corrected chi connectivity index (χ2v) is 6.59. The zero-order chi connectivity index (χ0) is 17.2. The maximum atomic E-state index is 12.9. The van der Waals surface area contributed by atoms with Crippen LogP contribution in [-0.2, 0) is 6.54 Å². The summed E-state index contributed by atoms with van der Waals surface area (Å²) in [6.07, 6.45) is 7.41. The minimum atomic E-state index is -0.0490. The molecule has 126 valence electrons. The van der Waals surface area contributed by atoms with E-state index >= 15 is 0 Å². The van der Waals surface area contributed by atoms with E-state index in [2.05, 4.69) is 10.1 Å². The molecule has 0 saturated heterocycles. The van der Waals surface area contributed by atoms with Crippen LogP contribution in [0.2, 0.25) is 5.02 Å². The van der Waals surface area contributed by atoms with Crippen molar-refractivity contribution in [1.29, 1.82) is 0 Å². The van der Waals surface area contributed by atoms with Crippen molar-refractivity contribution in [2.24, 2.45) is 0 Å². The minimum Gasteiger partial charge on any atom is -0.330 e. The fourth-order valence-electron chi connectivity index (χ4n) is 2.79. The van der Waals surface area contributed by atoms with E-state index in [1.807, 2.05) is 41.3 Å². The zero-order valence-electron chi connectivity index (χ0n) is 13.5. The van der Waals surface area contributed by atoms with Crippen LogP contribution in [0.1, 0.15) is 28.9 Å². The van der Waals surface area contributed by atoms with Crippen molar-refractivity contribution in [3.63, 3.8) is 0 Å². The Morgan fingerprint density at radius 1 is 1.24 bits per heavy atom. The molecule has 0 spiro atoms. The third kappa shape index (κ3) is 3.56. The average molecular weight is 353 g/mol. The Morgan fingerprint density at radius 3 is 2.84 bits per heavy atom. The van der Waals surface area contributed by atoms with E-state index in [0.29, 0.717) is 23.3 Å². The van der Waals surface area contributed by atoms with E-state index in [0.717, 1.165) is 24.1 Å². The molecule has 2 aromatic heterocycles. The summed E-state index contributed by atoms with van der Waals surface area (Å²) >= 11 is 6.03. The van der Waals surface area contributed by atoms with Gasteiger partial charge in [0.25, 0.3) is 5.91 Å². The Morgan fingerprint density at radius 2 is 2.12 bits per heavy atom. The van der Waals surface area contributed by atoms with Crippen molar-refractivity contribution in [1.82, 2.24) is 19.7 Å². The van der Waals surface area contributed by atoms with Crippen molar-refractivity contribution < 1.29 is 4.79 Å². The van der Waals surface area contributed by atoms with E-state index in [9.17, 15) is 4.79 Å². The molecule has 6 heteroatoms. The van der Waals surface area contributed by atoms with Crippen molar-refractivity contribution >= 4 is 17.5 Å². The first-order chi connectivity index (χ1) is 12.2. The summed E-state index contributed by atoms with van der Waals surface area (Å²) in [6.45, 7) is 0.557. The number of aromatic nitrogens is 3. The Bertz CT molecular complexity index is 889. The topological polar surface area (TPSA) is 51.0 Å². The van der Waals surface area contributed by atoms with Gasteiger partial charge in [-0.25, -0.2) is 4.68 Å². The van der Waals surface area contributed by atoms with Crippen LogP contribution in [0.4, 0.5) is 0 Å². The molecular weight excluding hydrogens is 336 g/mol. The fraction of sp³-hybridized carbons (Fsp3) is 0.211. The van der Waals surface area contributed by atoms with Crippen LogP contribution in [0, 0.1) is 0 Å². The normalized spacial score (nSPS) is 13.6.